The zero-order chi connectivity index (χ0) is 38.1. The zero-order valence-corrected chi connectivity index (χ0v) is 32.4. The molecule has 0 spiro atoms. The third kappa shape index (κ3) is 9.30. The molecule has 2 aromatic carbocycles. The number of nitrogens with one attached hydrogen (secondary N) is 5. The Hall–Kier alpha value is -5.80. The van der Waals surface area contributed by atoms with Gasteiger partial charge in [-0.1, -0.05) is 29.8 Å². The molecule has 6 N–H and O–H groups in total. The van der Waals surface area contributed by atoms with Crippen molar-refractivity contribution in [3.63, 3.8) is 0 Å². The molecule has 0 saturated heterocycles. The molecule has 6 aromatic rings. The van der Waals surface area contributed by atoms with E-state index in [1.54, 1.807) is 30.5 Å². The highest BCUT2D eigenvalue weighted by Crippen LogP contribution is 2.42. The first-order valence-corrected chi connectivity index (χ1v) is 19.2. The minimum atomic E-state index is -0.101. The number of aromatic amines is 1. The number of H-pyrrole nitrogens is 1. The van der Waals surface area contributed by atoms with Crippen molar-refractivity contribution in [1.82, 2.24) is 39.9 Å². The van der Waals surface area contributed by atoms with E-state index in [2.05, 4.69) is 93.5 Å². The van der Waals surface area contributed by atoms with Crippen molar-refractivity contribution in [3.8, 4) is 0 Å². The number of aromatic nitrogens is 8. The van der Waals surface area contributed by atoms with Crippen molar-refractivity contribution < 1.29 is 5.11 Å². The minimum absolute atomic E-state index is 0.00720. The summed E-state index contributed by atoms with van der Waals surface area (Å²) < 4.78 is 2.69. The molecule has 0 amide bonds. The molecule has 55 heavy (non-hydrogen) atoms. The monoisotopic (exact) mass is 818 g/mol. The van der Waals surface area contributed by atoms with Gasteiger partial charge in [-0.15, -0.1) is 5.71 Å². The van der Waals surface area contributed by atoms with Gasteiger partial charge >= 0.3 is 0 Å². The van der Waals surface area contributed by atoms with Crippen LogP contribution in [0, 0.1) is 13.8 Å². The van der Waals surface area contributed by atoms with Crippen LogP contribution in [0.5, 0.6) is 0 Å². The lowest BCUT2D eigenvalue weighted by atomic mass is 10.1. The van der Waals surface area contributed by atoms with Crippen LogP contribution >= 0.6 is 27.5 Å². The van der Waals surface area contributed by atoms with Gasteiger partial charge in [0, 0.05) is 64.0 Å². The number of aliphatic hydroxyl groups excluding tert-OH is 1. The van der Waals surface area contributed by atoms with Crippen LogP contribution < -0.4 is 21.3 Å². The van der Waals surface area contributed by atoms with Crippen LogP contribution in [0.15, 0.2) is 83.2 Å². The lowest BCUT2D eigenvalue weighted by Crippen LogP contribution is -2.10. The number of allylic oxidation sites excluding steroid dienone is 1. The van der Waals surface area contributed by atoms with Gasteiger partial charge < -0.3 is 31.8 Å². The Bertz CT molecular complexity index is 2400. The molecular weight excluding hydrogens is 782 g/mol. The van der Waals surface area contributed by atoms with E-state index < -0.39 is 0 Å². The van der Waals surface area contributed by atoms with Gasteiger partial charge in [-0.25, -0.2) is 9.97 Å². The smallest absolute Gasteiger partial charge is 0.229 e. The quantitative estimate of drug-likeness (QED) is 0.0428. The number of benzene rings is 2. The summed E-state index contributed by atoms with van der Waals surface area (Å²) in [6.07, 6.45) is 7.52. The molecule has 2 fully saturated rings. The zero-order valence-electron chi connectivity index (χ0n) is 30.1. The van der Waals surface area contributed by atoms with Gasteiger partial charge in [-0.2, -0.15) is 20.2 Å². The van der Waals surface area contributed by atoms with Gasteiger partial charge in [-0.3, -0.25) is 9.78 Å². The van der Waals surface area contributed by atoms with Crippen LogP contribution in [0.1, 0.15) is 71.3 Å². The summed E-state index contributed by atoms with van der Waals surface area (Å²) in [6.45, 7) is 4.57. The Balaban J connectivity index is 0.942. The van der Waals surface area contributed by atoms with Gasteiger partial charge in [0.05, 0.1) is 17.6 Å². The van der Waals surface area contributed by atoms with Crippen molar-refractivity contribution in [2.45, 2.75) is 57.9 Å². The van der Waals surface area contributed by atoms with Gasteiger partial charge in [0.2, 0.25) is 11.9 Å². The minimum Gasteiger partial charge on any atom is -0.803 e. The standard InChI is InChI=1S/C39H38BrClN13O/c1-21-11-23(14-28(12-21)46-39-45-22(2)13-34(49-39)47-35-16-32(51-52-35)25-3-4-25)20-54-33(26-5-6-26)17-36(53-54)48-37-30(40)19-44-38(50-37)43-18-29(55)15-31(42)24-7-9-27(41)10-8-24/h7-17,19,25-26,55H,3-6,18,20H2,1-2H3,(H2,43,44,48,50,53)(H3,45,46,47,49,51,52)/q-1/b29-15-. The predicted molar refractivity (Wildman–Crippen MR) is 220 cm³/mol. The molecule has 2 saturated carbocycles. The Kier molecular flexibility index (Phi) is 10.2. The maximum absolute atomic E-state index is 10.4. The average molecular weight is 820 g/mol. The molecule has 14 nitrogen and oxygen atoms in total. The van der Waals surface area contributed by atoms with Crippen molar-refractivity contribution >= 4 is 74.1 Å². The molecule has 4 heterocycles. The lowest BCUT2D eigenvalue weighted by molar-refractivity contribution is 0.408. The van der Waals surface area contributed by atoms with E-state index in [9.17, 15) is 10.5 Å². The summed E-state index contributed by atoms with van der Waals surface area (Å²) >= 11 is 9.48. The third-order valence-electron chi connectivity index (χ3n) is 9.12. The van der Waals surface area contributed by atoms with Crippen LogP contribution in [-0.4, -0.2) is 57.3 Å². The van der Waals surface area contributed by atoms with E-state index in [4.69, 9.17) is 21.7 Å². The summed E-state index contributed by atoms with van der Waals surface area (Å²) in [5, 5.41) is 46.9. The van der Waals surface area contributed by atoms with Gasteiger partial charge in [0.1, 0.15) is 11.6 Å². The Morgan fingerprint density at radius 2 is 1.73 bits per heavy atom. The second-order valence-electron chi connectivity index (χ2n) is 13.9. The Labute approximate surface area is 330 Å². The highest BCUT2D eigenvalue weighted by molar-refractivity contribution is 9.10. The molecular formula is C39H38BrClN13O-. The largest absolute Gasteiger partial charge is 0.803 e. The first-order valence-electron chi connectivity index (χ1n) is 18.0. The molecule has 8 rings (SSSR count). The number of anilines is 7. The summed E-state index contributed by atoms with van der Waals surface area (Å²) in [6, 6.07) is 19.0. The molecule has 4 aromatic heterocycles. The van der Waals surface area contributed by atoms with E-state index in [1.807, 2.05) is 23.7 Å². The highest BCUT2D eigenvalue weighted by Gasteiger charge is 2.29. The number of aliphatic hydroxyl groups is 1. The molecule has 2 aliphatic carbocycles. The molecule has 16 heteroatoms. The topological polar surface area (TPSA) is 189 Å². The second-order valence-corrected chi connectivity index (χ2v) is 15.2. The van der Waals surface area contributed by atoms with Gasteiger partial charge in [-0.05, 0) is 102 Å². The molecule has 0 bridgehead atoms. The van der Waals surface area contributed by atoms with Crippen LogP contribution in [0.4, 0.5) is 40.9 Å². The van der Waals surface area contributed by atoms with Crippen LogP contribution in [0.25, 0.3) is 5.41 Å². The van der Waals surface area contributed by atoms with Crippen molar-refractivity contribution in [2.24, 2.45) is 0 Å². The van der Waals surface area contributed by atoms with E-state index in [0.717, 1.165) is 52.6 Å². The first kappa shape index (κ1) is 36.2. The number of rotatable bonds is 15. The fraction of sp³-hybridized carbons (Fsp3) is 0.256. The van der Waals surface area contributed by atoms with E-state index in [-0.39, 0.29) is 24.0 Å². The predicted octanol–water partition coefficient (Wildman–Crippen LogP) is 9.17. The van der Waals surface area contributed by atoms with Crippen molar-refractivity contribution in [1.29, 1.82) is 0 Å². The molecule has 0 aliphatic heterocycles. The number of hydrogen-bond acceptors (Lipinski definition) is 11. The maximum Gasteiger partial charge on any atom is 0.229 e. The molecule has 0 radical (unpaired) electrons. The Morgan fingerprint density at radius 1 is 0.927 bits per heavy atom. The SMILES string of the molecule is Cc1cc(Cn2nc(Nc3nc(NC/C(O)=C/C(=[N-])c4ccc(Cl)cc4)ncc3Br)cc2C2CC2)cc(Nc2nc(C)cc(Nc3cc(C4CC4)[nH]n3)n2)c1. The molecule has 0 unspecified atom stereocenters. The van der Waals surface area contributed by atoms with Crippen LogP contribution in [-0.2, 0) is 6.54 Å². The van der Waals surface area contributed by atoms with Crippen LogP contribution in [0.3, 0.4) is 0 Å². The van der Waals surface area contributed by atoms with Gasteiger partial charge in [0.25, 0.3) is 0 Å². The van der Waals surface area contributed by atoms with Gasteiger partial charge in [0.15, 0.2) is 17.5 Å². The maximum atomic E-state index is 10.4. The Morgan fingerprint density at radius 3 is 2.51 bits per heavy atom. The number of aryl methyl sites for hydroxylation is 2. The summed E-state index contributed by atoms with van der Waals surface area (Å²) in [4.78, 5) is 18.3. The van der Waals surface area contributed by atoms with E-state index >= 15 is 0 Å². The summed E-state index contributed by atoms with van der Waals surface area (Å²) in [5.74, 6) is 4.26. The number of halogens is 2. The number of hydrogen-bond donors (Lipinski definition) is 6. The lowest BCUT2D eigenvalue weighted by Gasteiger charge is -2.12. The van der Waals surface area contributed by atoms with Crippen LogP contribution in [0.2, 0.25) is 5.02 Å². The van der Waals surface area contributed by atoms with Crippen molar-refractivity contribution in [2.75, 3.05) is 27.8 Å². The summed E-state index contributed by atoms with van der Waals surface area (Å²) in [5.41, 5.74) is 6.62. The number of nitrogens with zero attached hydrogens (tertiary/aromatic N) is 8. The van der Waals surface area contributed by atoms with E-state index in [1.165, 1.54) is 18.9 Å². The third-order valence-corrected chi connectivity index (χ3v) is 9.95. The highest BCUT2D eigenvalue weighted by atomic mass is 79.9. The van der Waals surface area contributed by atoms with E-state index in [0.29, 0.717) is 56.8 Å². The molecule has 2 aliphatic rings. The average Bonchev–Trinajstić information content (AvgIpc) is 4.08. The second kappa shape index (κ2) is 15.5. The fourth-order valence-electron chi connectivity index (χ4n) is 6.22. The molecule has 0 atom stereocenters. The molecule has 280 valence electrons. The summed E-state index contributed by atoms with van der Waals surface area (Å²) in [7, 11) is 0. The fourth-order valence-corrected chi connectivity index (χ4v) is 6.64. The normalized spacial score (nSPS) is 14.1. The van der Waals surface area contributed by atoms with Crippen molar-refractivity contribution in [3.05, 3.63) is 127 Å². The first-order chi connectivity index (χ1) is 26.6.